The Kier molecular flexibility index (Phi) is 1.67. The maximum atomic E-state index is 9.62. The first-order valence-corrected chi connectivity index (χ1v) is 4.13. The normalized spacial score (nSPS) is 50.7. The lowest BCUT2D eigenvalue weighted by molar-refractivity contribution is -0.146. The van der Waals surface area contributed by atoms with Gasteiger partial charge in [-0.3, -0.25) is 0 Å². The Hall–Kier alpha value is -0.120. The molecule has 2 saturated heterocycles. The average Bonchev–Trinajstić information content (AvgIpc) is 2.31. The van der Waals surface area contributed by atoms with Crippen molar-refractivity contribution in [3.8, 4) is 0 Å². The molecule has 11 heavy (non-hydrogen) atoms. The van der Waals surface area contributed by atoms with E-state index in [1.165, 1.54) is 0 Å². The molecule has 2 rings (SSSR count). The summed E-state index contributed by atoms with van der Waals surface area (Å²) in [4.78, 5) is 0. The first kappa shape index (κ1) is 7.53. The monoisotopic (exact) mass is 158 g/mol. The molecule has 0 saturated carbocycles. The standard InChI is InChI=1S/C8H14O3/c1-8(9)4-7-6(11-5-8)2-3-10-7/h6-7,9H,2-5H2,1H3. The van der Waals surface area contributed by atoms with Crippen LogP contribution in [0, 0.1) is 0 Å². The van der Waals surface area contributed by atoms with Gasteiger partial charge in [-0.25, -0.2) is 0 Å². The Morgan fingerprint density at radius 3 is 3.00 bits per heavy atom. The van der Waals surface area contributed by atoms with E-state index < -0.39 is 5.60 Å². The zero-order chi connectivity index (χ0) is 7.90. The molecule has 3 heteroatoms. The van der Waals surface area contributed by atoms with Crippen LogP contribution in [0.15, 0.2) is 0 Å². The first-order chi connectivity index (χ1) is 5.17. The summed E-state index contributed by atoms with van der Waals surface area (Å²) >= 11 is 0. The molecule has 1 N–H and O–H groups in total. The van der Waals surface area contributed by atoms with Crippen LogP contribution in [0.3, 0.4) is 0 Å². The van der Waals surface area contributed by atoms with Crippen molar-refractivity contribution in [1.29, 1.82) is 0 Å². The molecule has 2 aliphatic rings. The molecule has 0 aromatic rings. The summed E-state index contributed by atoms with van der Waals surface area (Å²) in [6.07, 6.45) is 2.09. The molecular weight excluding hydrogens is 144 g/mol. The van der Waals surface area contributed by atoms with Crippen LogP contribution in [0.2, 0.25) is 0 Å². The van der Waals surface area contributed by atoms with Crippen molar-refractivity contribution in [3.05, 3.63) is 0 Å². The van der Waals surface area contributed by atoms with Gasteiger partial charge in [-0.2, -0.15) is 0 Å². The van der Waals surface area contributed by atoms with E-state index in [4.69, 9.17) is 9.47 Å². The fourth-order valence-electron chi connectivity index (χ4n) is 1.79. The minimum Gasteiger partial charge on any atom is -0.388 e. The van der Waals surface area contributed by atoms with Crippen molar-refractivity contribution in [2.75, 3.05) is 13.2 Å². The van der Waals surface area contributed by atoms with Gasteiger partial charge >= 0.3 is 0 Å². The Bertz CT molecular complexity index is 155. The highest BCUT2D eigenvalue weighted by molar-refractivity contribution is 4.89. The summed E-state index contributed by atoms with van der Waals surface area (Å²) < 4.78 is 10.8. The lowest BCUT2D eigenvalue weighted by Gasteiger charge is -2.35. The summed E-state index contributed by atoms with van der Waals surface area (Å²) in [6.45, 7) is 3.04. The van der Waals surface area contributed by atoms with Crippen LogP contribution in [-0.2, 0) is 9.47 Å². The third-order valence-electron chi connectivity index (χ3n) is 2.40. The number of aliphatic hydroxyl groups is 1. The number of ether oxygens (including phenoxy) is 2. The maximum absolute atomic E-state index is 9.62. The van der Waals surface area contributed by atoms with Gasteiger partial charge in [0.25, 0.3) is 0 Å². The summed E-state index contributed by atoms with van der Waals surface area (Å²) in [5, 5.41) is 9.62. The second-order valence-electron chi connectivity index (χ2n) is 3.75. The van der Waals surface area contributed by atoms with E-state index in [-0.39, 0.29) is 12.2 Å². The van der Waals surface area contributed by atoms with Crippen LogP contribution in [-0.4, -0.2) is 36.1 Å². The van der Waals surface area contributed by atoms with Gasteiger partial charge in [0.15, 0.2) is 0 Å². The van der Waals surface area contributed by atoms with Gasteiger partial charge in [0, 0.05) is 13.0 Å². The van der Waals surface area contributed by atoms with Gasteiger partial charge < -0.3 is 14.6 Å². The predicted molar refractivity (Wildman–Crippen MR) is 39.3 cm³/mol. The quantitative estimate of drug-likeness (QED) is 0.551. The maximum Gasteiger partial charge on any atom is 0.0878 e. The van der Waals surface area contributed by atoms with E-state index in [9.17, 15) is 5.11 Å². The number of rotatable bonds is 0. The molecule has 2 aliphatic heterocycles. The van der Waals surface area contributed by atoms with Crippen molar-refractivity contribution >= 4 is 0 Å². The van der Waals surface area contributed by atoms with Gasteiger partial charge in [-0.15, -0.1) is 0 Å². The smallest absolute Gasteiger partial charge is 0.0878 e. The predicted octanol–water partition coefficient (Wildman–Crippen LogP) is 0.315. The van der Waals surface area contributed by atoms with Crippen LogP contribution in [0.4, 0.5) is 0 Å². The molecule has 0 radical (unpaired) electrons. The molecule has 0 amide bonds. The van der Waals surface area contributed by atoms with E-state index in [0.717, 1.165) is 19.4 Å². The minimum absolute atomic E-state index is 0.138. The Labute approximate surface area is 66.3 Å². The molecule has 0 aromatic carbocycles. The van der Waals surface area contributed by atoms with E-state index in [2.05, 4.69) is 0 Å². The van der Waals surface area contributed by atoms with Gasteiger partial charge in [-0.1, -0.05) is 0 Å². The second kappa shape index (κ2) is 2.44. The highest BCUT2D eigenvalue weighted by Crippen LogP contribution is 2.30. The number of hydrogen-bond donors (Lipinski definition) is 1. The summed E-state index contributed by atoms with van der Waals surface area (Å²) in [7, 11) is 0. The molecule has 3 atom stereocenters. The second-order valence-corrected chi connectivity index (χ2v) is 3.75. The van der Waals surface area contributed by atoms with E-state index in [0.29, 0.717) is 6.61 Å². The molecule has 2 heterocycles. The van der Waals surface area contributed by atoms with Crippen LogP contribution < -0.4 is 0 Å². The molecule has 2 fully saturated rings. The zero-order valence-electron chi connectivity index (χ0n) is 6.75. The SMILES string of the molecule is CC1(O)COC2CCOC2C1. The van der Waals surface area contributed by atoms with Gasteiger partial charge in [0.05, 0.1) is 24.4 Å². The summed E-state index contributed by atoms with van der Waals surface area (Å²) in [5.74, 6) is 0. The van der Waals surface area contributed by atoms with Gasteiger partial charge in [0.2, 0.25) is 0 Å². The van der Waals surface area contributed by atoms with E-state index in [1.807, 2.05) is 0 Å². The average molecular weight is 158 g/mol. The lowest BCUT2D eigenvalue weighted by Crippen LogP contribution is -2.45. The lowest BCUT2D eigenvalue weighted by atomic mass is 9.93. The fraction of sp³-hybridized carbons (Fsp3) is 1.00. The summed E-state index contributed by atoms with van der Waals surface area (Å²) in [6, 6.07) is 0. The largest absolute Gasteiger partial charge is 0.388 e. The van der Waals surface area contributed by atoms with Gasteiger partial charge in [-0.05, 0) is 13.3 Å². The first-order valence-electron chi connectivity index (χ1n) is 4.13. The Morgan fingerprint density at radius 1 is 1.36 bits per heavy atom. The topological polar surface area (TPSA) is 38.7 Å². The third kappa shape index (κ3) is 1.41. The molecule has 64 valence electrons. The van der Waals surface area contributed by atoms with Crippen LogP contribution >= 0.6 is 0 Å². The Balaban J connectivity index is 2.02. The summed E-state index contributed by atoms with van der Waals surface area (Å²) in [5.41, 5.74) is -0.675. The fourth-order valence-corrected chi connectivity index (χ4v) is 1.79. The van der Waals surface area contributed by atoms with Crippen LogP contribution in [0.25, 0.3) is 0 Å². The Morgan fingerprint density at radius 2 is 2.18 bits per heavy atom. The zero-order valence-corrected chi connectivity index (χ0v) is 6.75. The molecule has 3 unspecified atom stereocenters. The molecule has 0 spiro atoms. The van der Waals surface area contributed by atoms with Gasteiger partial charge in [0.1, 0.15) is 0 Å². The number of hydrogen-bond acceptors (Lipinski definition) is 3. The van der Waals surface area contributed by atoms with E-state index >= 15 is 0 Å². The van der Waals surface area contributed by atoms with Crippen LogP contribution in [0.5, 0.6) is 0 Å². The third-order valence-corrected chi connectivity index (χ3v) is 2.40. The van der Waals surface area contributed by atoms with Crippen molar-refractivity contribution < 1.29 is 14.6 Å². The minimum atomic E-state index is -0.675. The highest BCUT2D eigenvalue weighted by atomic mass is 16.6. The number of fused-ring (bicyclic) bond motifs is 1. The molecule has 0 aliphatic carbocycles. The van der Waals surface area contributed by atoms with Crippen molar-refractivity contribution in [2.24, 2.45) is 0 Å². The molecular formula is C8H14O3. The highest BCUT2D eigenvalue weighted by Gasteiger charge is 2.40. The molecule has 0 aromatic heterocycles. The van der Waals surface area contributed by atoms with Crippen molar-refractivity contribution in [1.82, 2.24) is 0 Å². The van der Waals surface area contributed by atoms with Crippen LogP contribution in [0.1, 0.15) is 19.8 Å². The van der Waals surface area contributed by atoms with Crippen molar-refractivity contribution in [3.63, 3.8) is 0 Å². The molecule has 0 bridgehead atoms. The van der Waals surface area contributed by atoms with E-state index in [1.54, 1.807) is 6.92 Å². The molecule has 3 nitrogen and oxygen atoms in total. The van der Waals surface area contributed by atoms with Crippen molar-refractivity contribution in [2.45, 2.75) is 37.6 Å².